The summed E-state index contributed by atoms with van der Waals surface area (Å²) in [5.41, 5.74) is 4.14. The number of carbonyl (C=O) groups is 2. The lowest BCUT2D eigenvalue weighted by Crippen LogP contribution is -2.30. The second kappa shape index (κ2) is 7.50. The van der Waals surface area contributed by atoms with Crippen LogP contribution in [0.25, 0.3) is 0 Å². The molecule has 1 heterocycles. The van der Waals surface area contributed by atoms with Gasteiger partial charge in [0.1, 0.15) is 0 Å². The number of allylic oxidation sites excluding steroid dienone is 2. The molecule has 28 heavy (non-hydrogen) atoms. The van der Waals surface area contributed by atoms with Crippen molar-refractivity contribution in [3.8, 4) is 0 Å². The number of hydrogen-bond acceptors (Lipinski definition) is 5. The maximum absolute atomic E-state index is 12.5. The van der Waals surface area contributed by atoms with E-state index in [0.717, 1.165) is 23.2 Å². The molecule has 0 unspecified atom stereocenters. The number of nitrogens with one attached hydrogen (secondary N) is 1. The lowest BCUT2D eigenvalue weighted by atomic mass is 9.76. The molecule has 5 heteroatoms. The summed E-state index contributed by atoms with van der Waals surface area (Å²) in [6.45, 7) is 2.15. The molecular formula is C23H23NO4. The van der Waals surface area contributed by atoms with Crippen LogP contribution < -0.4 is 5.32 Å². The topological polar surface area (TPSA) is 64.6 Å². The standard InChI is InChI=1S/C23H23NO4/c1-3-28-23(26)19-9-5-8-18-16-6-4-7-17(16)20(24-21(18)19)14-10-12-15(13-11-14)22(25)27-2/h4-6,8-13,16-17,20,24H,3,7H2,1-2H3/t16-,17+,20+/m0/s1. The first-order chi connectivity index (χ1) is 13.6. The van der Waals surface area contributed by atoms with Crippen LogP contribution in [0.1, 0.15) is 57.1 Å². The quantitative estimate of drug-likeness (QED) is 0.629. The number of carbonyl (C=O) groups excluding carboxylic acids is 2. The zero-order valence-corrected chi connectivity index (χ0v) is 16.0. The third kappa shape index (κ3) is 3.07. The molecule has 1 aliphatic carbocycles. The first-order valence-electron chi connectivity index (χ1n) is 9.55. The van der Waals surface area contributed by atoms with Gasteiger partial charge < -0.3 is 14.8 Å². The summed E-state index contributed by atoms with van der Waals surface area (Å²) in [4.78, 5) is 24.2. The Labute approximate surface area is 164 Å². The van der Waals surface area contributed by atoms with Crippen LogP contribution >= 0.6 is 0 Å². The van der Waals surface area contributed by atoms with Crippen molar-refractivity contribution in [2.24, 2.45) is 5.92 Å². The zero-order valence-electron chi connectivity index (χ0n) is 16.0. The number of fused-ring (bicyclic) bond motifs is 3. The molecule has 0 saturated heterocycles. The van der Waals surface area contributed by atoms with Crippen LogP contribution in [-0.4, -0.2) is 25.7 Å². The van der Waals surface area contributed by atoms with Gasteiger partial charge in [-0.2, -0.15) is 0 Å². The van der Waals surface area contributed by atoms with E-state index >= 15 is 0 Å². The first kappa shape index (κ1) is 18.3. The van der Waals surface area contributed by atoms with Crippen molar-refractivity contribution in [2.75, 3.05) is 19.0 Å². The Kier molecular flexibility index (Phi) is 4.90. The smallest absolute Gasteiger partial charge is 0.340 e. The molecule has 144 valence electrons. The second-order valence-corrected chi connectivity index (χ2v) is 7.08. The van der Waals surface area contributed by atoms with Gasteiger partial charge in [0.2, 0.25) is 0 Å². The lowest BCUT2D eigenvalue weighted by molar-refractivity contribution is 0.0526. The van der Waals surface area contributed by atoms with E-state index in [0.29, 0.717) is 23.7 Å². The average Bonchev–Trinajstić information content (AvgIpc) is 3.22. The van der Waals surface area contributed by atoms with E-state index in [1.165, 1.54) is 7.11 Å². The molecule has 5 nitrogen and oxygen atoms in total. The van der Waals surface area contributed by atoms with Crippen LogP contribution in [0.4, 0.5) is 5.69 Å². The summed E-state index contributed by atoms with van der Waals surface area (Å²) in [6.07, 6.45) is 5.40. The minimum absolute atomic E-state index is 0.0368. The van der Waals surface area contributed by atoms with Gasteiger partial charge in [-0.05, 0) is 48.6 Å². The van der Waals surface area contributed by atoms with Crippen molar-refractivity contribution >= 4 is 17.6 Å². The molecule has 0 amide bonds. The highest BCUT2D eigenvalue weighted by Crippen LogP contribution is 2.50. The number of benzene rings is 2. The Bertz CT molecular complexity index is 932. The molecule has 0 bridgehead atoms. The highest BCUT2D eigenvalue weighted by atomic mass is 16.5. The fourth-order valence-electron chi connectivity index (χ4n) is 4.27. The number of rotatable bonds is 4. The van der Waals surface area contributed by atoms with Gasteiger partial charge in [0.05, 0.1) is 36.6 Å². The van der Waals surface area contributed by atoms with Gasteiger partial charge in [0.15, 0.2) is 0 Å². The van der Waals surface area contributed by atoms with E-state index in [1.54, 1.807) is 18.2 Å². The fourth-order valence-corrected chi connectivity index (χ4v) is 4.27. The fraction of sp³-hybridized carbons (Fsp3) is 0.304. The van der Waals surface area contributed by atoms with Crippen LogP contribution in [0.2, 0.25) is 0 Å². The molecule has 0 saturated carbocycles. The van der Waals surface area contributed by atoms with E-state index < -0.39 is 0 Å². The lowest BCUT2D eigenvalue weighted by Gasteiger charge is -2.38. The van der Waals surface area contributed by atoms with Crippen molar-refractivity contribution in [3.63, 3.8) is 0 Å². The van der Waals surface area contributed by atoms with Crippen LogP contribution in [0.3, 0.4) is 0 Å². The maximum atomic E-state index is 12.5. The number of methoxy groups -OCH3 is 1. The minimum Gasteiger partial charge on any atom is -0.465 e. The van der Waals surface area contributed by atoms with Gasteiger partial charge in [-0.3, -0.25) is 0 Å². The summed E-state index contributed by atoms with van der Waals surface area (Å²) in [6, 6.07) is 13.3. The summed E-state index contributed by atoms with van der Waals surface area (Å²) in [5, 5.41) is 3.60. The largest absolute Gasteiger partial charge is 0.465 e. The van der Waals surface area contributed by atoms with Crippen LogP contribution in [0.15, 0.2) is 54.6 Å². The molecule has 3 atom stereocenters. The van der Waals surface area contributed by atoms with Gasteiger partial charge in [-0.1, -0.05) is 36.4 Å². The number of ether oxygens (including phenoxy) is 2. The van der Waals surface area contributed by atoms with Crippen molar-refractivity contribution in [2.45, 2.75) is 25.3 Å². The SMILES string of the molecule is CCOC(=O)c1cccc2c1N[C@H](c1ccc(C(=O)OC)cc1)[C@@H]1CC=C[C@H]21. The van der Waals surface area contributed by atoms with Gasteiger partial charge in [0, 0.05) is 5.92 Å². The molecule has 0 aromatic heterocycles. The third-order valence-corrected chi connectivity index (χ3v) is 5.58. The highest BCUT2D eigenvalue weighted by Gasteiger charge is 2.39. The highest BCUT2D eigenvalue weighted by molar-refractivity contribution is 5.97. The number of hydrogen-bond donors (Lipinski definition) is 1. The Morgan fingerprint density at radius 1 is 1.11 bits per heavy atom. The third-order valence-electron chi connectivity index (χ3n) is 5.58. The first-order valence-corrected chi connectivity index (χ1v) is 9.55. The Morgan fingerprint density at radius 3 is 2.61 bits per heavy atom. The summed E-state index contributed by atoms with van der Waals surface area (Å²) >= 11 is 0. The monoisotopic (exact) mass is 377 g/mol. The molecular weight excluding hydrogens is 354 g/mol. The van der Waals surface area contributed by atoms with E-state index in [4.69, 9.17) is 9.47 Å². The van der Waals surface area contributed by atoms with Crippen molar-refractivity contribution in [1.29, 1.82) is 0 Å². The molecule has 1 aliphatic heterocycles. The average molecular weight is 377 g/mol. The van der Waals surface area contributed by atoms with E-state index in [-0.39, 0.29) is 23.9 Å². The summed E-state index contributed by atoms with van der Waals surface area (Å²) < 4.78 is 10.0. The van der Waals surface area contributed by atoms with Gasteiger partial charge in [0.25, 0.3) is 0 Å². The predicted molar refractivity (Wildman–Crippen MR) is 107 cm³/mol. The van der Waals surface area contributed by atoms with E-state index in [9.17, 15) is 9.59 Å². The molecule has 0 fully saturated rings. The van der Waals surface area contributed by atoms with E-state index in [1.807, 2.05) is 25.1 Å². The normalized spacial score (nSPS) is 22.0. The van der Waals surface area contributed by atoms with Crippen molar-refractivity contribution < 1.29 is 19.1 Å². The summed E-state index contributed by atoms with van der Waals surface area (Å²) in [7, 11) is 1.38. The molecule has 4 rings (SSSR count). The van der Waals surface area contributed by atoms with Gasteiger partial charge >= 0.3 is 11.9 Å². The van der Waals surface area contributed by atoms with Gasteiger partial charge in [-0.25, -0.2) is 9.59 Å². The molecule has 1 N–H and O–H groups in total. The molecule has 0 radical (unpaired) electrons. The molecule has 2 aromatic rings. The second-order valence-electron chi connectivity index (χ2n) is 7.08. The van der Waals surface area contributed by atoms with Crippen molar-refractivity contribution in [3.05, 3.63) is 76.9 Å². The molecule has 2 aliphatic rings. The Hall–Kier alpha value is -3.08. The van der Waals surface area contributed by atoms with Crippen LogP contribution in [-0.2, 0) is 9.47 Å². The molecule has 0 spiro atoms. The number of para-hydroxylation sites is 1. The minimum atomic E-state index is -0.349. The van der Waals surface area contributed by atoms with Crippen LogP contribution in [0.5, 0.6) is 0 Å². The van der Waals surface area contributed by atoms with E-state index in [2.05, 4.69) is 23.5 Å². The number of esters is 2. The van der Waals surface area contributed by atoms with Crippen LogP contribution in [0, 0.1) is 5.92 Å². The van der Waals surface area contributed by atoms with Gasteiger partial charge in [-0.15, -0.1) is 0 Å². The zero-order chi connectivity index (χ0) is 19.7. The molecule has 2 aromatic carbocycles. The Morgan fingerprint density at radius 2 is 1.89 bits per heavy atom. The number of anilines is 1. The Balaban J connectivity index is 1.73. The maximum Gasteiger partial charge on any atom is 0.340 e. The summed E-state index contributed by atoms with van der Waals surface area (Å²) in [5.74, 6) is -0.0598. The van der Waals surface area contributed by atoms with Crippen molar-refractivity contribution in [1.82, 2.24) is 0 Å². The predicted octanol–water partition coefficient (Wildman–Crippen LogP) is 4.48.